The molecule has 4 atom stereocenters. The van der Waals surface area contributed by atoms with Gasteiger partial charge in [-0.15, -0.1) is 0 Å². The van der Waals surface area contributed by atoms with Crippen molar-refractivity contribution in [2.75, 3.05) is 0 Å². The van der Waals surface area contributed by atoms with Gasteiger partial charge in [0.25, 0.3) is 0 Å². The molecule has 0 aromatic rings. The van der Waals surface area contributed by atoms with Crippen LogP contribution in [0.1, 0.15) is 107 Å². The second kappa shape index (κ2) is 8.57. The monoisotopic (exact) mass is 360 g/mol. The second-order valence-corrected chi connectivity index (χ2v) is 11.1. The highest BCUT2D eigenvalue weighted by molar-refractivity contribution is 6.40. The molecule has 0 aromatic heterocycles. The molecule has 0 spiro atoms. The van der Waals surface area contributed by atoms with Crippen LogP contribution in [-0.2, 0) is 0 Å². The van der Waals surface area contributed by atoms with E-state index in [4.69, 9.17) is 9.98 Å². The highest BCUT2D eigenvalue weighted by Gasteiger charge is 2.35. The lowest BCUT2D eigenvalue weighted by Crippen LogP contribution is -2.36. The molecule has 2 heteroatoms. The van der Waals surface area contributed by atoms with E-state index in [2.05, 4.69) is 55.4 Å². The zero-order valence-corrected chi connectivity index (χ0v) is 18.9. The fraction of sp³-hybridized carbons (Fsp3) is 0.917. The predicted octanol–water partition coefficient (Wildman–Crippen LogP) is 7.12. The Morgan fingerprint density at radius 3 is 1.19 bits per heavy atom. The van der Waals surface area contributed by atoms with Crippen LogP contribution in [0.2, 0.25) is 0 Å². The Labute approximate surface area is 163 Å². The standard InChI is InChI=1S/C24H44N2/c1-17(25-21-15-11-9-13-19(21)23(3,4)5)18(2)26-22-16-12-10-14-20(22)24(6,7)8/h19-22H,9-16H2,1-8H3/b25-17+,26-18+. The molecule has 2 aliphatic rings. The van der Waals surface area contributed by atoms with Gasteiger partial charge in [0, 0.05) is 0 Å². The van der Waals surface area contributed by atoms with E-state index in [1.54, 1.807) is 0 Å². The normalized spacial score (nSPS) is 32.6. The van der Waals surface area contributed by atoms with Gasteiger partial charge in [0.1, 0.15) is 0 Å². The Morgan fingerprint density at radius 2 is 0.885 bits per heavy atom. The summed E-state index contributed by atoms with van der Waals surface area (Å²) in [7, 11) is 0. The fourth-order valence-corrected chi connectivity index (χ4v) is 5.24. The van der Waals surface area contributed by atoms with Gasteiger partial charge in [0.05, 0.1) is 23.5 Å². The lowest BCUT2D eigenvalue weighted by atomic mass is 9.69. The van der Waals surface area contributed by atoms with E-state index in [-0.39, 0.29) is 0 Å². The maximum Gasteiger partial charge on any atom is 0.0536 e. The summed E-state index contributed by atoms with van der Waals surface area (Å²) >= 11 is 0. The van der Waals surface area contributed by atoms with Gasteiger partial charge < -0.3 is 0 Å². The largest absolute Gasteiger partial charge is 0.285 e. The molecule has 2 aliphatic carbocycles. The SMILES string of the molecule is CC(=N\C1CCCCC1C(C)(C)C)/C(C)=N/C1CCCCC1C(C)(C)C. The lowest BCUT2D eigenvalue weighted by molar-refractivity contribution is 0.153. The Balaban J connectivity index is 2.17. The van der Waals surface area contributed by atoms with Crippen LogP contribution in [0.5, 0.6) is 0 Å². The molecule has 0 heterocycles. The quantitative estimate of drug-likeness (QED) is 0.479. The predicted molar refractivity (Wildman–Crippen MR) is 117 cm³/mol. The van der Waals surface area contributed by atoms with Crippen LogP contribution >= 0.6 is 0 Å². The first-order chi connectivity index (χ1) is 12.0. The molecule has 0 amide bonds. The maximum atomic E-state index is 5.22. The summed E-state index contributed by atoms with van der Waals surface area (Å²) in [6.07, 6.45) is 10.6. The molecule has 0 aromatic carbocycles. The first-order valence-electron chi connectivity index (χ1n) is 11.1. The molecule has 0 radical (unpaired) electrons. The number of rotatable bonds is 3. The van der Waals surface area contributed by atoms with Crippen molar-refractivity contribution in [3.05, 3.63) is 0 Å². The van der Waals surface area contributed by atoms with Crippen molar-refractivity contribution in [1.29, 1.82) is 0 Å². The molecule has 2 rings (SSSR count). The molecule has 2 saturated carbocycles. The average Bonchev–Trinajstić information content (AvgIpc) is 2.53. The minimum Gasteiger partial charge on any atom is -0.285 e. The van der Waals surface area contributed by atoms with Crippen molar-refractivity contribution in [1.82, 2.24) is 0 Å². The fourth-order valence-electron chi connectivity index (χ4n) is 5.24. The van der Waals surface area contributed by atoms with Crippen molar-refractivity contribution in [2.24, 2.45) is 32.7 Å². The third-order valence-electron chi connectivity index (χ3n) is 6.93. The molecule has 2 fully saturated rings. The molecule has 150 valence electrons. The number of hydrogen-bond acceptors (Lipinski definition) is 2. The van der Waals surface area contributed by atoms with Gasteiger partial charge in [-0.3, -0.25) is 9.98 Å². The first-order valence-corrected chi connectivity index (χ1v) is 11.1. The molecule has 0 aliphatic heterocycles. The zero-order chi connectivity index (χ0) is 19.5. The molecular weight excluding hydrogens is 316 g/mol. The highest BCUT2D eigenvalue weighted by atomic mass is 14.9. The van der Waals surface area contributed by atoms with Crippen molar-refractivity contribution in [3.8, 4) is 0 Å². The molecular formula is C24H44N2. The minimum absolute atomic E-state index is 0.348. The average molecular weight is 361 g/mol. The van der Waals surface area contributed by atoms with Gasteiger partial charge in [-0.05, 0) is 62.2 Å². The zero-order valence-electron chi connectivity index (χ0n) is 18.9. The van der Waals surface area contributed by atoms with Crippen molar-refractivity contribution in [2.45, 2.75) is 119 Å². The Kier molecular flexibility index (Phi) is 7.13. The number of aliphatic imine (C=N–C) groups is 2. The molecule has 26 heavy (non-hydrogen) atoms. The number of hydrogen-bond donors (Lipinski definition) is 0. The van der Waals surface area contributed by atoms with E-state index in [0.29, 0.717) is 34.7 Å². The van der Waals surface area contributed by atoms with E-state index in [1.807, 2.05) is 0 Å². The summed E-state index contributed by atoms with van der Waals surface area (Å²) in [5, 5.41) is 0. The Morgan fingerprint density at radius 1 is 0.577 bits per heavy atom. The Hall–Kier alpha value is -0.660. The van der Waals surface area contributed by atoms with Crippen LogP contribution in [0.3, 0.4) is 0 Å². The Bertz CT molecular complexity index is 467. The number of nitrogens with zero attached hydrogens (tertiary/aromatic N) is 2. The van der Waals surface area contributed by atoms with Crippen LogP contribution in [0.4, 0.5) is 0 Å². The second-order valence-electron chi connectivity index (χ2n) is 11.1. The summed E-state index contributed by atoms with van der Waals surface area (Å²) < 4.78 is 0. The van der Waals surface area contributed by atoms with Gasteiger partial charge in [0.2, 0.25) is 0 Å². The smallest absolute Gasteiger partial charge is 0.0536 e. The summed E-state index contributed by atoms with van der Waals surface area (Å²) in [5.41, 5.74) is 3.06. The summed E-state index contributed by atoms with van der Waals surface area (Å²) in [6.45, 7) is 18.7. The van der Waals surface area contributed by atoms with Crippen LogP contribution in [-0.4, -0.2) is 23.5 Å². The van der Waals surface area contributed by atoms with Crippen LogP contribution in [0, 0.1) is 22.7 Å². The van der Waals surface area contributed by atoms with Crippen LogP contribution < -0.4 is 0 Å². The summed E-state index contributed by atoms with van der Waals surface area (Å²) in [6, 6.07) is 0.970. The third-order valence-corrected chi connectivity index (χ3v) is 6.93. The van der Waals surface area contributed by atoms with Crippen molar-refractivity contribution in [3.63, 3.8) is 0 Å². The summed E-state index contributed by atoms with van der Waals surface area (Å²) in [4.78, 5) is 10.4. The topological polar surface area (TPSA) is 24.7 Å². The molecule has 4 unspecified atom stereocenters. The lowest BCUT2D eigenvalue weighted by Gasteiger charge is -2.39. The van der Waals surface area contributed by atoms with Gasteiger partial charge in [-0.2, -0.15) is 0 Å². The molecule has 0 saturated heterocycles. The van der Waals surface area contributed by atoms with Gasteiger partial charge >= 0.3 is 0 Å². The van der Waals surface area contributed by atoms with E-state index in [1.165, 1.54) is 62.8 Å². The van der Waals surface area contributed by atoms with E-state index < -0.39 is 0 Å². The highest BCUT2D eigenvalue weighted by Crippen LogP contribution is 2.41. The van der Waals surface area contributed by atoms with Crippen molar-refractivity contribution < 1.29 is 0 Å². The van der Waals surface area contributed by atoms with E-state index in [0.717, 1.165) is 0 Å². The maximum absolute atomic E-state index is 5.22. The molecule has 0 bridgehead atoms. The van der Waals surface area contributed by atoms with Crippen LogP contribution in [0.25, 0.3) is 0 Å². The third kappa shape index (κ3) is 5.67. The summed E-state index contributed by atoms with van der Waals surface area (Å²) in [5.74, 6) is 1.41. The molecule has 2 nitrogen and oxygen atoms in total. The van der Waals surface area contributed by atoms with Gasteiger partial charge in [-0.25, -0.2) is 0 Å². The first kappa shape index (κ1) is 21.6. The van der Waals surface area contributed by atoms with Gasteiger partial charge in [0.15, 0.2) is 0 Å². The van der Waals surface area contributed by atoms with E-state index >= 15 is 0 Å². The van der Waals surface area contributed by atoms with Crippen LogP contribution in [0.15, 0.2) is 9.98 Å². The van der Waals surface area contributed by atoms with E-state index in [9.17, 15) is 0 Å². The molecule has 0 N–H and O–H groups in total. The van der Waals surface area contributed by atoms with Crippen molar-refractivity contribution >= 4 is 11.4 Å². The van der Waals surface area contributed by atoms with Gasteiger partial charge in [-0.1, -0.05) is 67.2 Å². The minimum atomic E-state index is 0.348.